The van der Waals surface area contributed by atoms with E-state index in [4.69, 9.17) is 9.90 Å². The van der Waals surface area contributed by atoms with Gasteiger partial charge in [0.05, 0.1) is 0 Å². The zero-order valence-corrected chi connectivity index (χ0v) is 4.68. The Morgan fingerprint density at radius 1 is 1.40 bits per heavy atom. The van der Waals surface area contributed by atoms with Crippen molar-refractivity contribution in [1.29, 1.82) is 0 Å². The van der Waals surface area contributed by atoms with Crippen molar-refractivity contribution in [3.8, 4) is 0 Å². The van der Waals surface area contributed by atoms with Crippen LogP contribution >= 0.6 is 0 Å². The number of hydrogen-bond donors (Lipinski definition) is 1. The first kappa shape index (κ1) is 8.86. The maximum Gasteiger partial charge on any atom is 0.465 e. The number of aliphatic carboxylic acids is 2. The van der Waals surface area contributed by atoms with Gasteiger partial charge < -0.3 is 30.0 Å². The van der Waals surface area contributed by atoms with Crippen LogP contribution in [0.1, 0.15) is 0 Å². The first-order chi connectivity index (χ1) is 4.46. The molecule has 0 fully saturated rings. The smallest absolute Gasteiger partial charge is 0.465 e. The fraction of sp³-hybridized carbons (Fsp3) is 0.500. The third-order valence-electron chi connectivity index (χ3n) is 0.762. The van der Waals surface area contributed by atoms with Crippen LogP contribution < -0.4 is 15.3 Å². The maximum absolute atomic E-state index is 10.1. The summed E-state index contributed by atoms with van der Waals surface area (Å²) < 4.78 is 0. The van der Waals surface area contributed by atoms with E-state index in [-0.39, 0.29) is 0 Å². The van der Waals surface area contributed by atoms with Crippen molar-refractivity contribution in [2.45, 2.75) is 12.2 Å². The second kappa shape index (κ2) is 3.14. The number of carboxylic acid groups (broad SMARTS) is 2. The molecule has 0 bridgehead atoms. The highest BCUT2D eigenvalue weighted by Gasteiger charge is 2.13. The summed E-state index contributed by atoms with van der Waals surface area (Å²) in [7, 11) is 0. The van der Waals surface area contributed by atoms with Crippen molar-refractivity contribution in [3.63, 3.8) is 0 Å². The lowest BCUT2D eigenvalue weighted by Gasteiger charge is -2.31. The molecule has 0 aliphatic carbocycles. The van der Waals surface area contributed by atoms with Crippen molar-refractivity contribution in [1.82, 2.24) is 0 Å². The predicted molar refractivity (Wildman–Crippen MR) is 22.2 cm³/mol. The first-order valence-electron chi connectivity index (χ1n) is 2.24. The molecule has 6 nitrogen and oxygen atoms in total. The molecule has 2 unspecified atom stereocenters. The molecule has 2 atom stereocenters. The summed E-state index contributed by atoms with van der Waals surface area (Å²) in [6.45, 7) is 0. The molecule has 0 aromatic heterocycles. The molecule has 0 heterocycles. The topological polar surface area (TPSA) is 128 Å². The summed E-state index contributed by atoms with van der Waals surface area (Å²) in [5, 5.41) is 37.6. The molecule has 0 aliphatic heterocycles. The van der Waals surface area contributed by atoms with Crippen LogP contribution in [0.4, 0.5) is 0 Å². The number of carboxylic acids is 2. The summed E-state index contributed by atoms with van der Waals surface area (Å²) >= 11 is 0. The molecule has 6 heteroatoms. The standard InChI is InChI=1S/C4H4O6/c5-1(3(7)8)2(6)4(9)10/h1-2H,(H,7,8)(H,9,10)/q-2. The molecular weight excluding hydrogens is 144 g/mol. The average molecular weight is 148 g/mol. The van der Waals surface area contributed by atoms with Crippen molar-refractivity contribution in [2.24, 2.45) is 0 Å². The summed E-state index contributed by atoms with van der Waals surface area (Å²) in [5.74, 6) is -3.88. The van der Waals surface area contributed by atoms with Crippen molar-refractivity contribution < 1.29 is 30.0 Å². The second-order valence-electron chi connectivity index (χ2n) is 1.52. The van der Waals surface area contributed by atoms with Crippen LogP contribution in [-0.4, -0.2) is 34.0 Å². The van der Waals surface area contributed by atoms with Gasteiger partial charge in [-0.05, 0) is 0 Å². The maximum atomic E-state index is 10.1. The van der Waals surface area contributed by atoms with E-state index in [0.717, 1.165) is 0 Å². The normalized spacial score (nSPS) is 15.8. The molecule has 0 aromatic rings. The van der Waals surface area contributed by atoms with Crippen LogP contribution in [0.25, 0.3) is 0 Å². The Morgan fingerprint density at radius 2 is 1.80 bits per heavy atom. The summed E-state index contributed by atoms with van der Waals surface area (Å²) in [4.78, 5) is 17.5. The number of carbonyl (C=O) groups excluding carboxylic acids is 1. The van der Waals surface area contributed by atoms with Crippen LogP contribution in [0.5, 0.6) is 0 Å². The Kier molecular flexibility index (Phi) is 2.78. The third kappa shape index (κ3) is 2.00. The largest absolute Gasteiger partial charge is 0.848 e. The SMILES string of the molecule is O=C([O-])C([O-])C([O-])C(O)=[OH+]. The van der Waals surface area contributed by atoms with Crippen molar-refractivity contribution >= 4 is 11.9 Å². The van der Waals surface area contributed by atoms with Crippen molar-refractivity contribution in [2.75, 3.05) is 0 Å². The first-order valence-corrected chi connectivity index (χ1v) is 2.24. The lowest BCUT2D eigenvalue weighted by Crippen LogP contribution is -2.59. The highest BCUT2D eigenvalue weighted by molar-refractivity contribution is 5.81. The molecule has 0 amide bonds. The van der Waals surface area contributed by atoms with E-state index in [0.29, 0.717) is 0 Å². The van der Waals surface area contributed by atoms with Gasteiger partial charge in [-0.15, -0.1) is 0 Å². The van der Waals surface area contributed by atoms with E-state index in [1.54, 1.807) is 0 Å². The van der Waals surface area contributed by atoms with Gasteiger partial charge in [-0.25, -0.2) is 0 Å². The van der Waals surface area contributed by atoms with E-state index in [2.05, 4.69) is 0 Å². The van der Waals surface area contributed by atoms with E-state index in [1.165, 1.54) is 0 Å². The minimum absolute atomic E-state index is 1.73. The predicted octanol–water partition coefficient (Wildman–Crippen LogP) is -4.75. The Bertz CT molecular complexity index is 134. The van der Waals surface area contributed by atoms with Gasteiger partial charge in [0.15, 0.2) is 0 Å². The fourth-order valence-electron chi connectivity index (χ4n) is 0.259. The molecule has 58 valence electrons. The van der Waals surface area contributed by atoms with Gasteiger partial charge in [0, 0.05) is 12.1 Å². The van der Waals surface area contributed by atoms with Gasteiger partial charge in [-0.3, -0.25) is 0 Å². The van der Waals surface area contributed by atoms with Gasteiger partial charge in [0.2, 0.25) is 0 Å². The molecule has 0 aromatic carbocycles. The molecule has 0 saturated carbocycles. The number of rotatable bonds is 3. The Balaban J connectivity index is 4.07. The molecule has 0 saturated heterocycles. The van der Waals surface area contributed by atoms with Gasteiger partial charge in [-0.1, -0.05) is 6.10 Å². The lowest BCUT2D eigenvalue weighted by molar-refractivity contribution is -0.516. The second-order valence-corrected chi connectivity index (χ2v) is 1.52. The minimum Gasteiger partial charge on any atom is -0.848 e. The van der Waals surface area contributed by atoms with E-state index in [1.807, 2.05) is 0 Å². The van der Waals surface area contributed by atoms with Crippen LogP contribution in [-0.2, 0) is 4.79 Å². The lowest BCUT2D eigenvalue weighted by atomic mass is 10.2. The van der Waals surface area contributed by atoms with Crippen LogP contribution in [0, 0.1) is 0 Å². The third-order valence-corrected chi connectivity index (χ3v) is 0.762. The summed E-state index contributed by atoms with van der Waals surface area (Å²) in [6, 6.07) is 0. The Morgan fingerprint density at radius 3 is 1.90 bits per heavy atom. The molecule has 0 radical (unpaired) electrons. The van der Waals surface area contributed by atoms with Crippen LogP contribution in [0.3, 0.4) is 0 Å². The van der Waals surface area contributed by atoms with Crippen molar-refractivity contribution in [3.05, 3.63) is 0 Å². The average Bonchev–Trinajstić information content (AvgIpc) is 1.84. The number of aliphatic hydroxyl groups excluding tert-OH is 1. The van der Waals surface area contributed by atoms with E-state index < -0.39 is 24.1 Å². The van der Waals surface area contributed by atoms with Gasteiger partial charge in [-0.2, -0.15) is 0 Å². The van der Waals surface area contributed by atoms with E-state index >= 15 is 0 Å². The highest BCUT2D eigenvalue weighted by atomic mass is 16.4. The minimum atomic E-state index is -2.68. The van der Waals surface area contributed by atoms with Crippen LogP contribution in [0.15, 0.2) is 0 Å². The zero-order chi connectivity index (χ0) is 8.31. The zero-order valence-electron chi connectivity index (χ0n) is 4.68. The molecule has 2 N–H and O–H groups in total. The van der Waals surface area contributed by atoms with E-state index in [9.17, 15) is 20.1 Å². The molecule has 0 rings (SSSR count). The number of carbonyl (C=O) groups is 1. The molecule has 10 heavy (non-hydrogen) atoms. The monoisotopic (exact) mass is 148 g/mol. The molecular formula is C4H4O6-2. The summed E-state index contributed by atoms with van der Waals surface area (Å²) in [5.41, 5.74) is 0. The Labute approximate surface area is 55.3 Å². The number of hydrogen-bond acceptors (Lipinski definition) is 4. The summed E-state index contributed by atoms with van der Waals surface area (Å²) in [6.07, 6.45) is -5.25. The van der Waals surface area contributed by atoms with Gasteiger partial charge >= 0.3 is 5.97 Å². The molecule has 0 spiro atoms. The van der Waals surface area contributed by atoms with Gasteiger partial charge in [0.1, 0.15) is 0 Å². The van der Waals surface area contributed by atoms with Crippen LogP contribution in [0.2, 0.25) is 0 Å². The molecule has 0 aliphatic rings. The fourth-order valence-corrected chi connectivity index (χ4v) is 0.259. The quantitative estimate of drug-likeness (QED) is 0.402. The Hall–Kier alpha value is -1.14. The highest BCUT2D eigenvalue weighted by Crippen LogP contribution is 1.82. The van der Waals surface area contributed by atoms with Gasteiger partial charge in [0.25, 0.3) is 0 Å².